The number of hydrogen-bond donors (Lipinski definition) is 2. The number of ether oxygens (including phenoxy) is 1. The second-order valence-electron chi connectivity index (χ2n) is 4.16. The minimum atomic E-state index is -1.43. The number of benzene rings is 1. The molecule has 2 N–H and O–H groups in total. The Hall–Kier alpha value is -2.12. The fraction of sp³-hybridized carbons (Fsp3) is 0.154. The lowest BCUT2D eigenvalue weighted by Crippen LogP contribution is -2.08. The minimum absolute atomic E-state index is 0.0925. The number of hydrogen-bond acceptors (Lipinski definition) is 5. The van der Waals surface area contributed by atoms with Gasteiger partial charge in [0.1, 0.15) is 10.8 Å². The van der Waals surface area contributed by atoms with Crippen molar-refractivity contribution in [2.24, 2.45) is 0 Å². The maximum atomic E-state index is 14.2. The van der Waals surface area contributed by atoms with Crippen molar-refractivity contribution in [1.82, 2.24) is 9.97 Å². The van der Waals surface area contributed by atoms with Crippen LogP contribution in [0.1, 0.15) is 21.9 Å². The van der Waals surface area contributed by atoms with Crippen LogP contribution in [0.3, 0.4) is 0 Å². The van der Waals surface area contributed by atoms with Crippen LogP contribution in [-0.2, 0) is 6.42 Å². The molecule has 0 aliphatic carbocycles. The highest BCUT2D eigenvalue weighted by Crippen LogP contribution is 2.31. The Morgan fingerprint density at radius 1 is 1.36 bits per heavy atom. The molecule has 1 heterocycles. The number of carboxylic acids is 1. The zero-order chi connectivity index (χ0) is 16.4. The fourth-order valence-electron chi connectivity index (χ4n) is 1.77. The molecule has 0 saturated heterocycles. The van der Waals surface area contributed by atoms with Crippen molar-refractivity contribution < 1.29 is 24.1 Å². The molecule has 0 bridgehead atoms. The van der Waals surface area contributed by atoms with Crippen LogP contribution in [-0.4, -0.2) is 33.3 Å². The van der Waals surface area contributed by atoms with Gasteiger partial charge in [-0.25, -0.2) is 14.2 Å². The molecular weight excluding hydrogens is 338 g/mol. The van der Waals surface area contributed by atoms with Crippen LogP contribution >= 0.6 is 23.2 Å². The van der Waals surface area contributed by atoms with Gasteiger partial charge >= 0.3 is 5.97 Å². The van der Waals surface area contributed by atoms with Gasteiger partial charge in [-0.2, -0.15) is 4.98 Å². The SMILES string of the molecule is COc1c(Cl)ccc(Cc2nc(O)c(Cl)c(C(=O)O)n2)c1F. The van der Waals surface area contributed by atoms with E-state index < -0.39 is 28.4 Å². The predicted molar refractivity (Wildman–Crippen MR) is 76.4 cm³/mol. The molecule has 0 aliphatic heterocycles. The highest BCUT2D eigenvalue weighted by Gasteiger charge is 2.20. The fourth-order valence-corrected chi connectivity index (χ4v) is 2.16. The Kier molecular flexibility index (Phi) is 4.68. The third-order valence-corrected chi connectivity index (χ3v) is 3.41. The molecule has 0 atom stereocenters. The molecule has 2 aromatic rings. The van der Waals surface area contributed by atoms with E-state index in [4.69, 9.17) is 33.0 Å². The van der Waals surface area contributed by atoms with Crippen LogP contribution in [0, 0.1) is 5.82 Å². The average molecular weight is 347 g/mol. The molecule has 1 aromatic carbocycles. The van der Waals surface area contributed by atoms with Gasteiger partial charge in [-0.05, 0) is 11.6 Å². The second-order valence-corrected chi connectivity index (χ2v) is 4.95. The number of methoxy groups -OCH3 is 1. The molecule has 1 aromatic heterocycles. The van der Waals surface area contributed by atoms with Gasteiger partial charge in [0.05, 0.1) is 12.1 Å². The molecule has 0 unspecified atom stereocenters. The number of aromatic nitrogens is 2. The zero-order valence-corrected chi connectivity index (χ0v) is 12.6. The van der Waals surface area contributed by atoms with E-state index in [2.05, 4.69) is 9.97 Å². The van der Waals surface area contributed by atoms with E-state index in [1.165, 1.54) is 19.2 Å². The van der Waals surface area contributed by atoms with E-state index in [1.807, 2.05) is 0 Å². The van der Waals surface area contributed by atoms with Crippen LogP contribution in [0.2, 0.25) is 10.0 Å². The number of aromatic hydroxyl groups is 1. The highest BCUT2D eigenvalue weighted by molar-refractivity contribution is 6.34. The minimum Gasteiger partial charge on any atom is -0.492 e. The van der Waals surface area contributed by atoms with Gasteiger partial charge in [-0.3, -0.25) is 0 Å². The van der Waals surface area contributed by atoms with Gasteiger partial charge < -0.3 is 14.9 Å². The molecule has 0 spiro atoms. The first-order valence-corrected chi connectivity index (χ1v) is 6.60. The molecule has 6 nitrogen and oxygen atoms in total. The van der Waals surface area contributed by atoms with Gasteiger partial charge in [0.25, 0.3) is 0 Å². The first-order valence-electron chi connectivity index (χ1n) is 5.84. The lowest BCUT2D eigenvalue weighted by atomic mass is 10.1. The Labute approximate surface area is 134 Å². The Balaban J connectivity index is 2.46. The van der Waals surface area contributed by atoms with Crippen molar-refractivity contribution >= 4 is 29.2 Å². The third kappa shape index (κ3) is 3.05. The van der Waals surface area contributed by atoms with Crippen molar-refractivity contribution in [1.29, 1.82) is 0 Å². The first-order chi connectivity index (χ1) is 10.3. The summed E-state index contributed by atoms with van der Waals surface area (Å²) in [4.78, 5) is 18.3. The number of aromatic carboxylic acids is 1. The summed E-state index contributed by atoms with van der Waals surface area (Å²) in [6.07, 6.45) is -0.176. The second kappa shape index (κ2) is 6.33. The maximum absolute atomic E-state index is 14.2. The lowest BCUT2D eigenvalue weighted by molar-refractivity contribution is 0.0689. The van der Waals surface area contributed by atoms with Crippen molar-refractivity contribution in [3.8, 4) is 11.6 Å². The molecule has 0 aliphatic rings. The monoisotopic (exact) mass is 346 g/mol. The van der Waals surface area contributed by atoms with Crippen molar-refractivity contribution in [2.45, 2.75) is 6.42 Å². The molecule has 116 valence electrons. The van der Waals surface area contributed by atoms with Crippen LogP contribution in [0.5, 0.6) is 11.6 Å². The summed E-state index contributed by atoms with van der Waals surface area (Å²) in [7, 11) is 1.27. The molecule has 0 radical (unpaired) electrons. The van der Waals surface area contributed by atoms with Gasteiger partial charge in [0.15, 0.2) is 17.3 Å². The number of halogens is 3. The van der Waals surface area contributed by atoms with Crippen LogP contribution < -0.4 is 4.74 Å². The van der Waals surface area contributed by atoms with Gasteiger partial charge in [-0.15, -0.1) is 0 Å². The topological polar surface area (TPSA) is 92.5 Å². The van der Waals surface area contributed by atoms with Gasteiger partial charge in [-0.1, -0.05) is 29.3 Å². The summed E-state index contributed by atoms with van der Waals surface area (Å²) in [5, 5.41) is 18.1. The van der Waals surface area contributed by atoms with Crippen LogP contribution in [0.4, 0.5) is 4.39 Å². The Morgan fingerprint density at radius 2 is 2.05 bits per heavy atom. The number of nitrogens with zero attached hydrogens (tertiary/aromatic N) is 2. The van der Waals surface area contributed by atoms with E-state index in [9.17, 15) is 14.3 Å². The van der Waals surface area contributed by atoms with Gasteiger partial charge in [0.2, 0.25) is 5.88 Å². The number of carboxylic acid groups (broad SMARTS) is 1. The van der Waals surface area contributed by atoms with Crippen molar-refractivity contribution in [3.63, 3.8) is 0 Å². The summed E-state index contributed by atoms with van der Waals surface area (Å²) in [5.41, 5.74) is -0.440. The van der Waals surface area contributed by atoms with E-state index in [0.29, 0.717) is 0 Å². The van der Waals surface area contributed by atoms with E-state index in [1.54, 1.807) is 0 Å². The normalized spacial score (nSPS) is 10.5. The third-order valence-electron chi connectivity index (χ3n) is 2.76. The maximum Gasteiger partial charge on any atom is 0.356 e. The van der Waals surface area contributed by atoms with Crippen molar-refractivity contribution in [3.05, 3.63) is 45.1 Å². The molecule has 9 heteroatoms. The van der Waals surface area contributed by atoms with E-state index in [-0.39, 0.29) is 28.6 Å². The number of rotatable bonds is 4. The van der Waals surface area contributed by atoms with Crippen LogP contribution in [0.25, 0.3) is 0 Å². The Bertz CT molecular complexity index is 755. The summed E-state index contributed by atoms with van der Waals surface area (Å²) in [5.74, 6) is -3.09. The number of carbonyl (C=O) groups is 1. The molecule has 22 heavy (non-hydrogen) atoms. The summed E-state index contributed by atoms with van der Waals surface area (Å²) in [6.45, 7) is 0. The molecule has 0 fully saturated rings. The van der Waals surface area contributed by atoms with E-state index >= 15 is 0 Å². The molecular formula is C13H9Cl2FN2O4. The Morgan fingerprint density at radius 3 is 2.64 bits per heavy atom. The summed E-state index contributed by atoms with van der Waals surface area (Å²) < 4.78 is 19.0. The van der Waals surface area contributed by atoms with E-state index in [0.717, 1.165) is 0 Å². The largest absolute Gasteiger partial charge is 0.492 e. The zero-order valence-electron chi connectivity index (χ0n) is 11.1. The van der Waals surface area contributed by atoms with Gasteiger partial charge in [0, 0.05) is 6.42 Å². The molecule has 0 saturated carbocycles. The van der Waals surface area contributed by atoms with Crippen LogP contribution in [0.15, 0.2) is 12.1 Å². The summed E-state index contributed by atoms with van der Waals surface area (Å²) >= 11 is 11.4. The molecule has 2 rings (SSSR count). The predicted octanol–water partition coefficient (Wildman–Crippen LogP) is 2.93. The standard InChI is InChI=1S/C13H9Cl2FN2O4/c1-22-11-6(14)3-2-5(9(11)16)4-7-17-10(13(20)21)8(15)12(19)18-7/h2-3H,4H2,1H3,(H,20,21)(H,17,18,19). The highest BCUT2D eigenvalue weighted by atomic mass is 35.5. The van der Waals surface area contributed by atoms with Crippen molar-refractivity contribution in [2.75, 3.05) is 7.11 Å². The molecule has 0 amide bonds. The quantitative estimate of drug-likeness (QED) is 0.884. The average Bonchev–Trinajstić information content (AvgIpc) is 2.46. The first kappa shape index (κ1) is 16.3. The lowest BCUT2D eigenvalue weighted by Gasteiger charge is -2.09. The smallest absolute Gasteiger partial charge is 0.356 e. The summed E-state index contributed by atoms with van der Waals surface area (Å²) in [6, 6.07) is 2.81.